The van der Waals surface area contributed by atoms with Gasteiger partial charge in [0.05, 0.1) is 12.2 Å². The van der Waals surface area contributed by atoms with Crippen LogP contribution in [0, 0.1) is 5.41 Å². The van der Waals surface area contributed by atoms with E-state index >= 15 is 0 Å². The molecule has 0 aliphatic rings. The summed E-state index contributed by atoms with van der Waals surface area (Å²) < 4.78 is 4.66. The van der Waals surface area contributed by atoms with E-state index in [1.165, 1.54) is 6.92 Å². The molecule has 0 aromatic rings. The van der Waals surface area contributed by atoms with Crippen molar-refractivity contribution in [3.8, 4) is 0 Å². The highest BCUT2D eigenvalue weighted by molar-refractivity contribution is 7.39. The van der Waals surface area contributed by atoms with Crippen molar-refractivity contribution in [2.75, 3.05) is 13.2 Å². The van der Waals surface area contributed by atoms with Gasteiger partial charge >= 0.3 is 8.60 Å². The summed E-state index contributed by atoms with van der Waals surface area (Å²) in [5.41, 5.74) is -1.62. The molecule has 0 saturated heterocycles. The number of nitrogens with one attached hydrogen (secondary N) is 1. The van der Waals surface area contributed by atoms with Crippen LogP contribution in [-0.2, 0) is 14.1 Å². The molecule has 7 nitrogen and oxygen atoms in total. The fourth-order valence-electron chi connectivity index (χ4n) is 2.27. The molecule has 0 spiro atoms. The first-order valence-corrected chi connectivity index (χ1v) is 8.39. The molecule has 0 radical (unpaired) electrons. The first-order valence-electron chi connectivity index (χ1n) is 7.23. The highest BCUT2D eigenvalue weighted by Crippen LogP contribution is 2.32. The third kappa shape index (κ3) is 12.0. The SMILES string of the molecule is CC(=O)CCCC(=O)NCC(C)(C)CC(C)(O)COP(O)O. The van der Waals surface area contributed by atoms with Crippen molar-refractivity contribution in [2.45, 2.75) is 59.0 Å². The lowest BCUT2D eigenvalue weighted by Gasteiger charge is -2.33. The monoisotopic (exact) mass is 337 g/mol. The third-order valence-electron chi connectivity index (χ3n) is 3.05. The van der Waals surface area contributed by atoms with E-state index in [1.54, 1.807) is 6.92 Å². The Balaban J connectivity index is 4.16. The molecule has 1 unspecified atom stereocenters. The van der Waals surface area contributed by atoms with E-state index in [2.05, 4.69) is 9.84 Å². The van der Waals surface area contributed by atoms with Gasteiger partial charge in [-0.15, -0.1) is 0 Å². The standard InChI is InChI=1S/C14H28NO6P/c1-11(16)6-5-7-12(17)15-9-13(2,3)8-14(4,18)10-21-22(19)20/h18-20H,5-10H2,1-4H3,(H,15,17). The van der Waals surface area contributed by atoms with Crippen molar-refractivity contribution in [3.63, 3.8) is 0 Å². The summed E-state index contributed by atoms with van der Waals surface area (Å²) in [6, 6.07) is 0. The Morgan fingerprint density at radius 3 is 2.27 bits per heavy atom. The van der Waals surface area contributed by atoms with Crippen LogP contribution in [0.15, 0.2) is 0 Å². The topological polar surface area (TPSA) is 116 Å². The summed E-state index contributed by atoms with van der Waals surface area (Å²) in [5, 5.41) is 13.0. The lowest BCUT2D eigenvalue weighted by molar-refractivity contribution is -0.122. The highest BCUT2D eigenvalue weighted by atomic mass is 31.2. The molecule has 22 heavy (non-hydrogen) atoms. The molecule has 0 bridgehead atoms. The normalized spacial score (nSPS) is 14.7. The van der Waals surface area contributed by atoms with Crippen molar-refractivity contribution >= 4 is 20.3 Å². The summed E-state index contributed by atoms with van der Waals surface area (Å²) in [4.78, 5) is 39.9. The second-order valence-corrected chi connectivity index (χ2v) is 7.46. The maximum Gasteiger partial charge on any atom is 0.327 e. The van der Waals surface area contributed by atoms with Crippen LogP contribution in [0.3, 0.4) is 0 Å². The van der Waals surface area contributed by atoms with Crippen molar-refractivity contribution < 1.29 is 29.0 Å². The number of amides is 1. The molecule has 0 aromatic heterocycles. The van der Waals surface area contributed by atoms with Gasteiger partial charge in [-0.25, -0.2) is 0 Å². The molecule has 130 valence electrons. The predicted octanol–water partition coefficient (Wildman–Crippen LogP) is 1.26. The number of Topliss-reactive ketones (excluding diaryl/α,β-unsaturated/α-hetero) is 1. The average molecular weight is 337 g/mol. The van der Waals surface area contributed by atoms with E-state index in [-0.39, 0.29) is 18.3 Å². The molecule has 1 atom stereocenters. The fraction of sp³-hybridized carbons (Fsp3) is 0.857. The third-order valence-corrected chi connectivity index (χ3v) is 3.41. The molecule has 8 heteroatoms. The van der Waals surface area contributed by atoms with Gasteiger partial charge in [0.25, 0.3) is 0 Å². The first kappa shape index (κ1) is 21.4. The van der Waals surface area contributed by atoms with Gasteiger partial charge in [-0.3, -0.25) is 4.79 Å². The minimum Gasteiger partial charge on any atom is -0.388 e. The van der Waals surface area contributed by atoms with Crippen LogP contribution in [0.5, 0.6) is 0 Å². The number of aliphatic hydroxyl groups is 1. The summed E-state index contributed by atoms with van der Waals surface area (Å²) in [5.74, 6) is -0.0589. The Hall–Kier alpha value is -0.590. The molecule has 0 heterocycles. The fourth-order valence-corrected chi connectivity index (χ4v) is 2.66. The number of carbonyl (C=O) groups is 2. The van der Waals surface area contributed by atoms with Gasteiger partial charge in [0.1, 0.15) is 5.78 Å². The summed E-state index contributed by atoms with van der Waals surface area (Å²) in [6.07, 6.45) is 1.54. The quantitative estimate of drug-likeness (QED) is 0.422. The van der Waals surface area contributed by atoms with E-state index in [1.807, 2.05) is 13.8 Å². The van der Waals surface area contributed by atoms with Crippen LogP contribution >= 0.6 is 8.60 Å². The molecule has 4 N–H and O–H groups in total. The molecular weight excluding hydrogens is 309 g/mol. The number of ketones is 1. The molecule has 0 aliphatic heterocycles. The summed E-state index contributed by atoms with van der Waals surface area (Å²) in [7, 11) is -2.49. The average Bonchev–Trinajstić information content (AvgIpc) is 2.33. The second kappa shape index (κ2) is 9.53. The van der Waals surface area contributed by atoms with Crippen LogP contribution in [-0.4, -0.2) is 45.3 Å². The van der Waals surface area contributed by atoms with Crippen molar-refractivity contribution in [3.05, 3.63) is 0 Å². The largest absolute Gasteiger partial charge is 0.388 e. The van der Waals surface area contributed by atoms with Gasteiger partial charge in [-0.1, -0.05) is 13.8 Å². The highest BCUT2D eigenvalue weighted by Gasteiger charge is 2.32. The van der Waals surface area contributed by atoms with Crippen molar-refractivity contribution in [1.82, 2.24) is 5.32 Å². The summed E-state index contributed by atoms with van der Waals surface area (Å²) in [6.45, 7) is 6.99. The minimum absolute atomic E-state index is 0.0666. The minimum atomic E-state index is -2.49. The van der Waals surface area contributed by atoms with E-state index in [0.717, 1.165) is 0 Å². The predicted molar refractivity (Wildman–Crippen MR) is 83.9 cm³/mol. The van der Waals surface area contributed by atoms with Crippen LogP contribution in [0.4, 0.5) is 0 Å². The zero-order valence-corrected chi connectivity index (χ0v) is 14.7. The summed E-state index contributed by atoms with van der Waals surface area (Å²) >= 11 is 0. The molecule has 0 rings (SSSR count). The van der Waals surface area contributed by atoms with Crippen LogP contribution < -0.4 is 5.32 Å². The second-order valence-electron chi connectivity index (χ2n) is 6.70. The van der Waals surface area contributed by atoms with Crippen LogP contribution in [0.1, 0.15) is 53.4 Å². The van der Waals surface area contributed by atoms with Gasteiger partial charge in [-0.05, 0) is 32.1 Å². The lowest BCUT2D eigenvalue weighted by Crippen LogP contribution is -2.41. The van der Waals surface area contributed by atoms with Gasteiger partial charge in [0.15, 0.2) is 0 Å². The zero-order valence-electron chi connectivity index (χ0n) is 13.8. The Morgan fingerprint density at radius 2 is 1.77 bits per heavy atom. The van der Waals surface area contributed by atoms with Crippen molar-refractivity contribution in [1.29, 1.82) is 0 Å². The molecule has 0 fully saturated rings. The Labute approximate surface area is 133 Å². The van der Waals surface area contributed by atoms with Gasteiger partial charge in [-0.2, -0.15) is 0 Å². The van der Waals surface area contributed by atoms with Crippen molar-refractivity contribution in [2.24, 2.45) is 5.41 Å². The Morgan fingerprint density at radius 1 is 1.18 bits per heavy atom. The maximum absolute atomic E-state index is 11.7. The number of hydrogen-bond donors (Lipinski definition) is 4. The lowest BCUT2D eigenvalue weighted by atomic mass is 9.81. The van der Waals surface area contributed by atoms with Crippen LogP contribution in [0.25, 0.3) is 0 Å². The van der Waals surface area contributed by atoms with E-state index < -0.39 is 19.6 Å². The van der Waals surface area contributed by atoms with E-state index in [0.29, 0.717) is 32.2 Å². The molecule has 0 aliphatic carbocycles. The van der Waals surface area contributed by atoms with E-state index in [9.17, 15) is 14.7 Å². The Kier molecular flexibility index (Phi) is 9.27. The molecule has 1 amide bonds. The number of hydrogen-bond acceptors (Lipinski definition) is 6. The smallest absolute Gasteiger partial charge is 0.327 e. The van der Waals surface area contributed by atoms with Gasteiger partial charge < -0.3 is 29.5 Å². The first-order chi connectivity index (χ1) is 9.93. The maximum atomic E-state index is 11.7. The number of carbonyl (C=O) groups excluding carboxylic acids is 2. The molecule has 0 saturated carbocycles. The van der Waals surface area contributed by atoms with E-state index in [4.69, 9.17) is 9.79 Å². The van der Waals surface area contributed by atoms with Gasteiger partial charge in [0.2, 0.25) is 5.91 Å². The number of rotatable bonds is 11. The van der Waals surface area contributed by atoms with Crippen LogP contribution in [0.2, 0.25) is 0 Å². The molecule has 0 aromatic carbocycles. The van der Waals surface area contributed by atoms with Gasteiger partial charge in [0, 0.05) is 19.4 Å². The zero-order chi connectivity index (χ0) is 17.4. The Bertz CT molecular complexity index is 370. The molecular formula is C14H28NO6P.